The van der Waals surface area contributed by atoms with E-state index >= 15 is 0 Å². The molecule has 0 radical (unpaired) electrons. The summed E-state index contributed by atoms with van der Waals surface area (Å²) in [5, 5.41) is 9.30. The van der Waals surface area contributed by atoms with Crippen molar-refractivity contribution in [3.05, 3.63) is 23.3 Å². The number of carbonyl (C=O) groups is 2. The van der Waals surface area contributed by atoms with Crippen LogP contribution in [-0.2, 0) is 9.59 Å². The first-order valence-electron chi connectivity index (χ1n) is 13.4. The average Bonchev–Trinajstić information content (AvgIpc) is 3.05. The van der Waals surface area contributed by atoms with Crippen LogP contribution in [-0.4, -0.2) is 23.8 Å². The normalized spacial score (nSPS) is 43.2. The monoisotopic (exact) mass is 454 g/mol. The molecule has 0 aliphatic heterocycles. The van der Waals surface area contributed by atoms with Gasteiger partial charge in [-0.3, -0.25) is 4.79 Å². The molecule has 3 heteroatoms. The first kappa shape index (κ1) is 24.9. The van der Waals surface area contributed by atoms with Crippen molar-refractivity contribution >= 4 is 12.1 Å². The lowest BCUT2D eigenvalue weighted by atomic mass is 9.41. The van der Waals surface area contributed by atoms with Gasteiger partial charge in [-0.1, -0.05) is 57.9 Å². The molecule has 4 rings (SSSR count). The molecule has 184 valence electrons. The Kier molecular flexibility index (Phi) is 6.39. The maximum Gasteiger partial charge on any atom is 0.138 e. The van der Waals surface area contributed by atoms with Crippen molar-refractivity contribution in [3.8, 4) is 0 Å². The zero-order valence-corrected chi connectivity index (χ0v) is 21.9. The van der Waals surface area contributed by atoms with Crippen LogP contribution in [0.25, 0.3) is 0 Å². The lowest BCUT2D eigenvalue weighted by molar-refractivity contribution is -0.146. The molecule has 3 nitrogen and oxygen atoms in total. The quantitative estimate of drug-likeness (QED) is 0.359. The van der Waals surface area contributed by atoms with Gasteiger partial charge in [-0.05, 0) is 92.3 Å². The third-order valence-electron chi connectivity index (χ3n) is 11.6. The molecular weight excluding hydrogens is 408 g/mol. The molecule has 5 unspecified atom stereocenters. The Morgan fingerprint density at radius 3 is 2.55 bits per heavy atom. The van der Waals surface area contributed by atoms with E-state index in [-0.39, 0.29) is 34.2 Å². The maximum absolute atomic E-state index is 12.8. The van der Waals surface area contributed by atoms with Crippen LogP contribution in [0, 0.1) is 45.3 Å². The molecule has 3 fully saturated rings. The Balaban J connectivity index is 1.63. The van der Waals surface area contributed by atoms with Gasteiger partial charge in [0.2, 0.25) is 0 Å². The molecule has 7 atom stereocenters. The van der Waals surface area contributed by atoms with Gasteiger partial charge in [0.15, 0.2) is 0 Å². The van der Waals surface area contributed by atoms with Crippen molar-refractivity contribution in [2.75, 3.05) is 6.61 Å². The SMILES string of the molecule is C/C(=C/CCC(C=O)C1CC[C@]2(C)C3=CCC4C(C)(C)C(=O)CC[C@]4(C)C3CCC12C)CO. The van der Waals surface area contributed by atoms with Gasteiger partial charge in [0.05, 0.1) is 6.61 Å². The molecule has 0 aromatic carbocycles. The van der Waals surface area contributed by atoms with Gasteiger partial charge in [-0.15, -0.1) is 0 Å². The van der Waals surface area contributed by atoms with Crippen LogP contribution in [0.5, 0.6) is 0 Å². The van der Waals surface area contributed by atoms with Gasteiger partial charge in [0.1, 0.15) is 12.1 Å². The third-order valence-corrected chi connectivity index (χ3v) is 11.6. The molecular formula is C30H46O3. The number of aliphatic hydroxyl groups excluding tert-OH is 1. The molecule has 0 amide bonds. The van der Waals surface area contributed by atoms with Gasteiger partial charge >= 0.3 is 0 Å². The number of carbonyl (C=O) groups excluding carboxylic acids is 2. The minimum Gasteiger partial charge on any atom is -0.392 e. The van der Waals surface area contributed by atoms with Crippen LogP contribution in [0.4, 0.5) is 0 Å². The highest BCUT2D eigenvalue weighted by Crippen LogP contribution is 2.73. The molecule has 0 aromatic rings. The number of fused-ring (bicyclic) bond motifs is 5. The Labute approximate surface area is 201 Å². The fourth-order valence-electron chi connectivity index (χ4n) is 9.19. The summed E-state index contributed by atoms with van der Waals surface area (Å²) < 4.78 is 0. The first-order chi connectivity index (χ1) is 15.5. The van der Waals surface area contributed by atoms with Gasteiger partial charge in [-0.25, -0.2) is 0 Å². The number of aliphatic hydroxyl groups is 1. The molecule has 33 heavy (non-hydrogen) atoms. The highest BCUT2D eigenvalue weighted by atomic mass is 16.3. The summed E-state index contributed by atoms with van der Waals surface area (Å²) in [6, 6.07) is 0. The molecule has 0 spiro atoms. The Morgan fingerprint density at radius 1 is 1.15 bits per heavy atom. The van der Waals surface area contributed by atoms with Crippen molar-refractivity contribution in [2.45, 2.75) is 99.3 Å². The van der Waals surface area contributed by atoms with E-state index in [9.17, 15) is 14.7 Å². The predicted molar refractivity (Wildman–Crippen MR) is 134 cm³/mol. The molecule has 3 saturated carbocycles. The van der Waals surface area contributed by atoms with E-state index in [0.29, 0.717) is 23.5 Å². The predicted octanol–water partition coefficient (Wildman–Crippen LogP) is 6.69. The largest absolute Gasteiger partial charge is 0.392 e. The topological polar surface area (TPSA) is 54.4 Å². The summed E-state index contributed by atoms with van der Waals surface area (Å²) in [4.78, 5) is 25.1. The number of allylic oxidation sites excluding steroid dienone is 3. The van der Waals surface area contributed by atoms with Crippen molar-refractivity contribution in [3.63, 3.8) is 0 Å². The zero-order valence-electron chi connectivity index (χ0n) is 21.9. The third kappa shape index (κ3) is 3.55. The number of hydrogen-bond acceptors (Lipinski definition) is 3. The number of aldehydes is 1. The van der Waals surface area contributed by atoms with E-state index in [1.165, 1.54) is 25.5 Å². The van der Waals surface area contributed by atoms with E-state index in [1.54, 1.807) is 5.57 Å². The fourth-order valence-corrected chi connectivity index (χ4v) is 9.19. The number of hydrogen-bond donors (Lipinski definition) is 1. The van der Waals surface area contributed by atoms with Gasteiger partial charge in [-0.2, -0.15) is 0 Å². The van der Waals surface area contributed by atoms with Crippen molar-refractivity contribution in [1.82, 2.24) is 0 Å². The lowest BCUT2D eigenvalue weighted by Gasteiger charge is -2.63. The van der Waals surface area contributed by atoms with E-state index < -0.39 is 0 Å². The minimum atomic E-state index is -0.224. The summed E-state index contributed by atoms with van der Waals surface area (Å²) >= 11 is 0. The van der Waals surface area contributed by atoms with Gasteiger partial charge in [0, 0.05) is 17.8 Å². The summed E-state index contributed by atoms with van der Waals surface area (Å²) in [7, 11) is 0. The second-order valence-electron chi connectivity index (χ2n) is 13.2. The number of rotatable bonds is 6. The Morgan fingerprint density at radius 2 is 1.88 bits per heavy atom. The van der Waals surface area contributed by atoms with E-state index in [2.05, 4.69) is 46.8 Å². The highest BCUT2D eigenvalue weighted by Gasteiger charge is 2.65. The molecule has 1 N–H and O–H groups in total. The van der Waals surface area contributed by atoms with Crippen molar-refractivity contribution < 1.29 is 14.7 Å². The van der Waals surface area contributed by atoms with Crippen LogP contribution < -0.4 is 0 Å². The standard InChI is InChI=1S/C30H46O3/c1-20(18-31)8-7-9-21(19-32)22-12-16-30(6)24-10-11-25-27(2,3)26(33)14-15-28(25,4)23(24)13-17-29(22,30)5/h8,10,19,21-23,25,31H,7,9,11-18H2,1-6H3/b20-8-/t21?,22?,23?,25?,28-,29?,30-/m1/s1. The van der Waals surface area contributed by atoms with E-state index in [0.717, 1.165) is 44.1 Å². The van der Waals surface area contributed by atoms with Crippen molar-refractivity contribution in [2.24, 2.45) is 45.3 Å². The molecule has 0 heterocycles. The Hall–Kier alpha value is -1.22. The summed E-state index contributed by atoms with van der Waals surface area (Å²) in [5.74, 6) is 1.99. The molecule has 0 bridgehead atoms. The summed E-state index contributed by atoms with van der Waals surface area (Å²) in [6.45, 7) is 13.9. The molecule has 4 aliphatic carbocycles. The zero-order chi connectivity index (χ0) is 24.2. The van der Waals surface area contributed by atoms with Crippen LogP contribution >= 0.6 is 0 Å². The van der Waals surface area contributed by atoms with Crippen LogP contribution in [0.1, 0.15) is 99.3 Å². The first-order valence-corrected chi connectivity index (χ1v) is 13.4. The Bertz CT molecular complexity index is 866. The van der Waals surface area contributed by atoms with E-state index in [4.69, 9.17) is 0 Å². The fraction of sp³-hybridized carbons (Fsp3) is 0.800. The lowest BCUT2D eigenvalue weighted by Crippen LogP contribution is -2.57. The molecule has 0 aromatic heterocycles. The summed E-state index contributed by atoms with van der Waals surface area (Å²) in [6.07, 6.45) is 15.1. The number of Topliss-reactive ketones (excluding diaryl/α,β-unsaturated/α-hetero) is 1. The maximum atomic E-state index is 12.8. The van der Waals surface area contributed by atoms with E-state index in [1.807, 2.05) is 6.92 Å². The minimum absolute atomic E-state index is 0.0925. The number of ketones is 1. The molecule has 4 aliphatic rings. The average molecular weight is 455 g/mol. The summed E-state index contributed by atoms with van der Waals surface area (Å²) in [5.41, 5.74) is 2.95. The van der Waals surface area contributed by atoms with Crippen LogP contribution in [0.3, 0.4) is 0 Å². The van der Waals surface area contributed by atoms with Gasteiger partial charge in [0.25, 0.3) is 0 Å². The van der Waals surface area contributed by atoms with Crippen LogP contribution in [0.2, 0.25) is 0 Å². The highest BCUT2D eigenvalue weighted by molar-refractivity contribution is 5.85. The second-order valence-corrected chi connectivity index (χ2v) is 13.2. The second kappa shape index (κ2) is 8.47. The van der Waals surface area contributed by atoms with Gasteiger partial charge < -0.3 is 9.90 Å². The molecule has 0 saturated heterocycles. The smallest absolute Gasteiger partial charge is 0.138 e. The van der Waals surface area contributed by atoms with Crippen molar-refractivity contribution in [1.29, 1.82) is 0 Å². The van der Waals surface area contributed by atoms with Crippen LogP contribution in [0.15, 0.2) is 23.3 Å².